The maximum atomic E-state index is 11.4. The molecule has 1 aliphatic rings. The molecule has 1 fully saturated rings. The van der Waals surface area contributed by atoms with Crippen molar-refractivity contribution >= 4 is 21.8 Å². The number of piperidine rings is 1. The fourth-order valence-electron chi connectivity index (χ4n) is 1.79. The molecular weight excluding hydrogens is 256 g/mol. The highest BCUT2D eigenvalue weighted by atomic mass is 79.9. The monoisotopic (exact) mass is 274 g/mol. The Kier molecular flexibility index (Phi) is 5.95. The molecule has 1 heterocycles. The fraction of sp³-hybridized carbons (Fsp3) is 0.727. The maximum absolute atomic E-state index is 11.4. The van der Waals surface area contributed by atoms with Crippen molar-refractivity contribution in [3.8, 4) is 0 Å². The zero-order valence-electron chi connectivity index (χ0n) is 9.02. The summed E-state index contributed by atoms with van der Waals surface area (Å²) < 4.78 is 0.817. The Hall–Kier alpha value is -0.350. The lowest BCUT2D eigenvalue weighted by Crippen LogP contribution is -2.29. The van der Waals surface area contributed by atoms with Crippen LogP contribution in [0.15, 0.2) is 11.1 Å². The molecule has 86 valence electrons. The van der Waals surface area contributed by atoms with Crippen LogP contribution in [0.2, 0.25) is 0 Å². The Balaban J connectivity index is 2.07. The van der Waals surface area contributed by atoms with Crippen LogP contribution in [-0.2, 0) is 4.79 Å². The van der Waals surface area contributed by atoms with Crippen LogP contribution in [-0.4, -0.2) is 25.5 Å². The van der Waals surface area contributed by atoms with E-state index in [1.807, 2.05) is 0 Å². The first kappa shape index (κ1) is 12.7. The Morgan fingerprint density at radius 1 is 1.47 bits per heavy atom. The summed E-state index contributed by atoms with van der Waals surface area (Å²) in [5.41, 5.74) is 0. The van der Waals surface area contributed by atoms with Crippen LogP contribution in [0, 0.1) is 5.92 Å². The molecule has 1 amide bonds. The lowest BCUT2D eigenvalue weighted by atomic mass is 9.93. The summed E-state index contributed by atoms with van der Waals surface area (Å²) >= 11 is 3.21. The summed E-state index contributed by atoms with van der Waals surface area (Å²) in [6.45, 7) is 6.41. The van der Waals surface area contributed by atoms with Crippen LogP contribution < -0.4 is 10.6 Å². The molecule has 0 bridgehead atoms. The molecule has 0 aliphatic carbocycles. The number of halogens is 1. The van der Waals surface area contributed by atoms with Gasteiger partial charge in [0.05, 0.1) is 0 Å². The molecular formula is C11H19BrN2O. The second-order valence-corrected chi connectivity index (χ2v) is 5.15. The summed E-state index contributed by atoms with van der Waals surface area (Å²) in [5.74, 6) is 0.860. The average Bonchev–Trinajstić information content (AvgIpc) is 2.25. The highest BCUT2D eigenvalue weighted by Crippen LogP contribution is 2.17. The van der Waals surface area contributed by atoms with Crippen LogP contribution in [0.4, 0.5) is 0 Å². The van der Waals surface area contributed by atoms with Gasteiger partial charge in [0.2, 0.25) is 5.91 Å². The van der Waals surface area contributed by atoms with Gasteiger partial charge in [-0.05, 0) is 38.3 Å². The van der Waals surface area contributed by atoms with E-state index >= 15 is 0 Å². The van der Waals surface area contributed by atoms with Crippen molar-refractivity contribution in [2.45, 2.75) is 25.7 Å². The molecule has 0 unspecified atom stereocenters. The van der Waals surface area contributed by atoms with E-state index in [0.29, 0.717) is 13.0 Å². The summed E-state index contributed by atoms with van der Waals surface area (Å²) in [6, 6.07) is 0. The Labute approximate surface area is 99.8 Å². The van der Waals surface area contributed by atoms with E-state index in [1.54, 1.807) is 0 Å². The van der Waals surface area contributed by atoms with Crippen molar-refractivity contribution < 1.29 is 4.79 Å². The molecule has 0 spiro atoms. The minimum absolute atomic E-state index is 0.133. The molecule has 0 saturated carbocycles. The van der Waals surface area contributed by atoms with Crippen molar-refractivity contribution in [1.82, 2.24) is 10.6 Å². The summed E-state index contributed by atoms with van der Waals surface area (Å²) in [5, 5.41) is 6.14. The molecule has 0 aromatic rings. The zero-order chi connectivity index (χ0) is 11.1. The van der Waals surface area contributed by atoms with E-state index in [-0.39, 0.29) is 5.91 Å². The van der Waals surface area contributed by atoms with Gasteiger partial charge in [0.1, 0.15) is 0 Å². The smallest absolute Gasteiger partial charge is 0.220 e. The highest BCUT2D eigenvalue weighted by Gasteiger charge is 2.14. The number of amides is 1. The summed E-state index contributed by atoms with van der Waals surface area (Å²) in [7, 11) is 0. The molecule has 1 rings (SSSR count). The van der Waals surface area contributed by atoms with Crippen molar-refractivity contribution in [2.75, 3.05) is 19.6 Å². The molecule has 2 N–H and O–H groups in total. The number of carbonyl (C=O) groups is 1. The van der Waals surface area contributed by atoms with Crippen LogP contribution in [0.3, 0.4) is 0 Å². The molecule has 0 atom stereocenters. The number of hydrogen-bond acceptors (Lipinski definition) is 2. The largest absolute Gasteiger partial charge is 0.352 e. The van der Waals surface area contributed by atoms with Gasteiger partial charge >= 0.3 is 0 Å². The van der Waals surface area contributed by atoms with E-state index in [0.717, 1.165) is 29.9 Å². The lowest BCUT2D eigenvalue weighted by Gasteiger charge is -2.22. The van der Waals surface area contributed by atoms with Gasteiger partial charge in [-0.15, -0.1) is 0 Å². The summed E-state index contributed by atoms with van der Waals surface area (Å²) in [4.78, 5) is 11.4. The number of hydrogen-bond donors (Lipinski definition) is 2. The van der Waals surface area contributed by atoms with E-state index in [1.165, 1.54) is 12.8 Å². The first-order valence-electron chi connectivity index (χ1n) is 5.49. The molecule has 0 aromatic heterocycles. The third-order valence-corrected chi connectivity index (χ3v) is 3.00. The van der Waals surface area contributed by atoms with E-state index in [2.05, 4.69) is 33.1 Å². The Morgan fingerprint density at radius 2 is 2.13 bits per heavy atom. The molecule has 0 radical (unpaired) electrons. The number of rotatable bonds is 5. The molecule has 15 heavy (non-hydrogen) atoms. The third kappa shape index (κ3) is 5.95. The normalized spacial score (nSPS) is 17.4. The third-order valence-electron chi connectivity index (χ3n) is 2.72. The van der Waals surface area contributed by atoms with Crippen LogP contribution >= 0.6 is 15.9 Å². The Bertz CT molecular complexity index is 225. The molecule has 1 saturated heterocycles. The first-order chi connectivity index (χ1) is 7.18. The van der Waals surface area contributed by atoms with Gasteiger partial charge in [-0.3, -0.25) is 4.79 Å². The molecule has 0 aromatic carbocycles. The lowest BCUT2D eigenvalue weighted by molar-refractivity contribution is -0.121. The fourth-order valence-corrected chi connectivity index (χ4v) is 1.93. The van der Waals surface area contributed by atoms with E-state index < -0.39 is 0 Å². The van der Waals surface area contributed by atoms with Gasteiger partial charge in [0.25, 0.3) is 0 Å². The minimum Gasteiger partial charge on any atom is -0.352 e. The second-order valence-electron chi connectivity index (χ2n) is 4.03. The molecule has 4 heteroatoms. The molecule has 1 aliphatic heterocycles. The predicted octanol–water partition coefficient (Wildman–Crippen LogP) is 1.79. The van der Waals surface area contributed by atoms with Crippen molar-refractivity contribution in [2.24, 2.45) is 5.92 Å². The summed E-state index contributed by atoms with van der Waals surface area (Å²) in [6.07, 6.45) is 4.07. The van der Waals surface area contributed by atoms with E-state index in [4.69, 9.17) is 0 Å². The van der Waals surface area contributed by atoms with Crippen molar-refractivity contribution in [3.63, 3.8) is 0 Å². The predicted molar refractivity (Wildman–Crippen MR) is 65.9 cm³/mol. The SMILES string of the molecule is C=C(Br)CNC(=O)CCC1CCNCC1. The van der Waals surface area contributed by atoms with E-state index in [9.17, 15) is 4.79 Å². The van der Waals surface area contributed by atoms with Gasteiger partial charge in [-0.1, -0.05) is 22.5 Å². The van der Waals surface area contributed by atoms with Gasteiger partial charge in [0, 0.05) is 17.4 Å². The van der Waals surface area contributed by atoms with Gasteiger partial charge in [0.15, 0.2) is 0 Å². The highest BCUT2D eigenvalue weighted by molar-refractivity contribution is 9.11. The zero-order valence-corrected chi connectivity index (χ0v) is 10.6. The van der Waals surface area contributed by atoms with Gasteiger partial charge in [-0.2, -0.15) is 0 Å². The average molecular weight is 275 g/mol. The van der Waals surface area contributed by atoms with Crippen LogP contribution in [0.5, 0.6) is 0 Å². The minimum atomic E-state index is 0.133. The van der Waals surface area contributed by atoms with Gasteiger partial charge < -0.3 is 10.6 Å². The number of nitrogens with one attached hydrogen (secondary N) is 2. The first-order valence-corrected chi connectivity index (χ1v) is 6.28. The van der Waals surface area contributed by atoms with Gasteiger partial charge in [-0.25, -0.2) is 0 Å². The van der Waals surface area contributed by atoms with Crippen molar-refractivity contribution in [1.29, 1.82) is 0 Å². The van der Waals surface area contributed by atoms with Crippen molar-refractivity contribution in [3.05, 3.63) is 11.1 Å². The van der Waals surface area contributed by atoms with Crippen LogP contribution in [0.25, 0.3) is 0 Å². The standard InChI is InChI=1S/C11H19BrN2O/c1-9(12)8-14-11(15)3-2-10-4-6-13-7-5-10/h10,13H,1-8H2,(H,14,15). The Morgan fingerprint density at radius 3 is 2.73 bits per heavy atom. The topological polar surface area (TPSA) is 41.1 Å². The quantitative estimate of drug-likeness (QED) is 0.803. The maximum Gasteiger partial charge on any atom is 0.220 e. The second kappa shape index (κ2) is 7.01. The van der Waals surface area contributed by atoms with Crippen LogP contribution in [0.1, 0.15) is 25.7 Å². The number of carbonyl (C=O) groups excluding carboxylic acids is 1. The molecule has 3 nitrogen and oxygen atoms in total.